The Hall–Kier alpha value is -0.820. The molecule has 2 N–H and O–H groups in total. The van der Waals surface area contributed by atoms with Gasteiger partial charge in [0.15, 0.2) is 9.84 Å². The number of sulfone groups is 1. The van der Waals surface area contributed by atoms with Gasteiger partial charge in [-0.15, -0.1) is 0 Å². The Morgan fingerprint density at radius 2 is 1.80 bits per heavy atom. The smallest absolute Gasteiger partial charge is 0.175 e. The highest BCUT2D eigenvalue weighted by Crippen LogP contribution is 2.32. The van der Waals surface area contributed by atoms with E-state index in [9.17, 15) is 8.42 Å². The molecule has 0 fully saturated rings. The summed E-state index contributed by atoms with van der Waals surface area (Å²) in [5, 5.41) is 0. The average Bonchev–Trinajstić information content (AvgIpc) is 2.38. The molecule has 0 atom stereocenters. The third-order valence-electron chi connectivity index (χ3n) is 2.73. The van der Waals surface area contributed by atoms with Crippen LogP contribution in [-0.4, -0.2) is 14.7 Å². The highest BCUT2D eigenvalue weighted by atomic mass is 79.9. The zero-order valence-electron chi connectivity index (χ0n) is 10.8. The Balaban J connectivity index is 2.29. The maximum atomic E-state index is 11.4. The van der Waals surface area contributed by atoms with E-state index >= 15 is 0 Å². The van der Waals surface area contributed by atoms with Gasteiger partial charge in [-0.25, -0.2) is 8.42 Å². The lowest BCUT2D eigenvalue weighted by atomic mass is 10.2. The van der Waals surface area contributed by atoms with Crippen LogP contribution in [0.25, 0.3) is 0 Å². The van der Waals surface area contributed by atoms with E-state index in [4.69, 9.17) is 5.73 Å². The Labute approximate surface area is 131 Å². The molecule has 20 heavy (non-hydrogen) atoms. The van der Waals surface area contributed by atoms with Crippen LogP contribution in [0.2, 0.25) is 0 Å². The minimum atomic E-state index is -3.15. The van der Waals surface area contributed by atoms with Gasteiger partial charge in [-0.3, -0.25) is 0 Å². The van der Waals surface area contributed by atoms with Crippen LogP contribution < -0.4 is 5.73 Å². The Morgan fingerprint density at radius 3 is 2.35 bits per heavy atom. The van der Waals surface area contributed by atoms with E-state index < -0.39 is 9.84 Å². The number of hydrogen-bond donors (Lipinski definition) is 1. The van der Waals surface area contributed by atoms with E-state index in [0.717, 1.165) is 19.8 Å². The second-order valence-corrected chi connectivity index (χ2v) is 8.35. The van der Waals surface area contributed by atoms with Crippen molar-refractivity contribution in [1.29, 1.82) is 0 Å². The third-order valence-corrected chi connectivity index (χ3v) is 5.46. The molecule has 106 valence electrons. The van der Waals surface area contributed by atoms with Crippen molar-refractivity contribution in [3.05, 3.63) is 52.5 Å². The minimum Gasteiger partial charge on any atom is -0.326 e. The fourth-order valence-electron chi connectivity index (χ4n) is 1.67. The highest BCUT2D eigenvalue weighted by Gasteiger charge is 2.08. The fraction of sp³-hybridized carbons (Fsp3) is 0.143. The molecule has 0 bridgehead atoms. The zero-order valence-corrected chi connectivity index (χ0v) is 14.1. The first-order chi connectivity index (χ1) is 9.40. The second kappa shape index (κ2) is 6.30. The van der Waals surface area contributed by atoms with Crippen molar-refractivity contribution >= 4 is 37.5 Å². The monoisotopic (exact) mass is 371 g/mol. The van der Waals surface area contributed by atoms with Crippen molar-refractivity contribution in [3.8, 4) is 0 Å². The lowest BCUT2D eigenvalue weighted by Crippen LogP contribution is -1.98. The first-order valence-corrected chi connectivity index (χ1v) is 9.37. The molecular weight excluding hydrogens is 358 g/mol. The molecule has 0 aliphatic heterocycles. The molecular formula is C14H14BrNO2S2. The standard InChI is InChI=1S/C14H14BrNO2S2/c1-20(17,18)13-6-4-12(5-7-13)19-14-8-11(15)3-2-10(14)9-16/h2-8H,9,16H2,1H3. The second-order valence-electron chi connectivity index (χ2n) is 4.30. The molecule has 6 heteroatoms. The molecule has 3 nitrogen and oxygen atoms in total. The summed E-state index contributed by atoms with van der Waals surface area (Å²) in [6, 6.07) is 12.8. The lowest BCUT2D eigenvalue weighted by Gasteiger charge is -2.08. The molecule has 0 aromatic heterocycles. The maximum Gasteiger partial charge on any atom is 0.175 e. The summed E-state index contributed by atoms with van der Waals surface area (Å²) in [6.45, 7) is 0.469. The van der Waals surface area contributed by atoms with Gasteiger partial charge in [0.2, 0.25) is 0 Å². The predicted octanol–water partition coefficient (Wildman–Crippen LogP) is 3.46. The molecule has 0 unspecified atom stereocenters. The van der Waals surface area contributed by atoms with Crippen LogP contribution in [-0.2, 0) is 16.4 Å². The summed E-state index contributed by atoms with van der Waals surface area (Å²) in [5.41, 5.74) is 6.79. The van der Waals surface area contributed by atoms with Crippen molar-refractivity contribution in [2.24, 2.45) is 5.73 Å². The predicted molar refractivity (Wildman–Crippen MR) is 85.7 cm³/mol. The molecule has 2 aromatic rings. The van der Waals surface area contributed by atoms with Crippen LogP contribution in [0.15, 0.2) is 61.6 Å². The summed E-state index contributed by atoms with van der Waals surface area (Å²) < 4.78 is 23.8. The number of rotatable bonds is 4. The number of halogens is 1. The van der Waals surface area contributed by atoms with Crippen LogP contribution in [0.1, 0.15) is 5.56 Å². The Bertz CT molecular complexity index is 712. The van der Waals surface area contributed by atoms with Gasteiger partial charge >= 0.3 is 0 Å². The van der Waals surface area contributed by atoms with E-state index in [2.05, 4.69) is 15.9 Å². The van der Waals surface area contributed by atoms with Crippen LogP contribution in [0, 0.1) is 0 Å². The summed E-state index contributed by atoms with van der Waals surface area (Å²) in [7, 11) is -3.15. The van der Waals surface area contributed by atoms with Gasteiger partial charge in [0.05, 0.1) is 4.90 Å². The van der Waals surface area contributed by atoms with Gasteiger partial charge in [-0.05, 0) is 42.0 Å². The minimum absolute atomic E-state index is 0.329. The van der Waals surface area contributed by atoms with Gasteiger partial charge in [0.25, 0.3) is 0 Å². The normalized spacial score (nSPS) is 11.6. The molecule has 0 aliphatic rings. The molecule has 0 amide bonds. The largest absolute Gasteiger partial charge is 0.326 e. The zero-order chi connectivity index (χ0) is 14.8. The van der Waals surface area contributed by atoms with Gasteiger partial charge < -0.3 is 5.73 Å². The summed E-state index contributed by atoms with van der Waals surface area (Å²) >= 11 is 5.01. The molecule has 0 heterocycles. The summed E-state index contributed by atoms with van der Waals surface area (Å²) in [6.07, 6.45) is 1.20. The van der Waals surface area contributed by atoms with Crippen LogP contribution in [0.4, 0.5) is 0 Å². The fourth-order valence-corrected chi connectivity index (χ4v) is 3.81. The van der Waals surface area contributed by atoms with E-state index in [0.29, 0.717) is 11.4 Å². The van der Waals surface area contributed by atoms with Crippen molar-refractivity contribution < 1.29 is 8.42 Å². The average molecular weight is 372 g/mol. The summed E-state index contributed by atoms with van der Waals surface area (Å²) in [5.74, 6) is 0. The number of hydrogen-bond acceptors (Lipinski definition) is 4. The van der Waals surface area contributed by atoms with Gasteiger partial charge in [0.1, 0.15) is 0 Å². The van der Waals surface area contributed by atoms with Crippen molar-refractivity contribution in [1.82, 2.24) is 0 Å². The topological polar surface area (TPSA) is 60.2 Å². The van der Waals surface area contributed by atoms with Crippen molar-refractivity contribution in [2.75, 3.05) is 6.26 Å². The van der Waals surface area contributed by atoms with Crippen molar-refractivity contribution in [3.63, 3.8) is 0 Å². The molecule has 0 radical (unpaired) electrons. The number of nitrogens with two attached hydrogens (primary N) is 1. The number of benzene rings is 2. The van der Waals surface area contributed by atoms with Gasteiger partial charge in [-0.2, -0.15) is 0 Å². The first-order valence-electron chi connectivity index (χ1n) is 5.86. The molecule has 2 aromatic carbocycles. The summed E-state index contributed by atoms with van der Waals surface area (Å²) in [4.78, 5) is 2.37. The Morgan fingerprint density at radius 1 is 1.15 bits per heavy atom. The Kier molecular flexibility index (Phi) is 4.90. The molecule has 0 spiro atoms. The molecule has 0 aliphatic carbocycles. The third kappa shape index (κ3) is 3.85. The van der Waals surface area contributed by atoms with E-state index in [1.807, 2.05) is 30.3 Å². The maximum absolute atomic E-state index is 11.4. The first kappa shape index (κ1) is 15.6. The van der Waals surface area contributed by atoms with Crippen LogP contribution in [0.5, 0.6) is 0 Å². The van der Waals surface area contributed by atoms with E-state index in [1.54, 1.807) is 23.9 Å². The van der Waals surface area contributed by atoms with Gasteiger partial charge in [0, 0.05) is 27.1 Å². The van der Waals surface area contributed by atoms with Gasteiger partial charge in [-0.1, -0.05) is 33.8 Å². The van der Waals surface area contributed by atoms with Crippen LogP contribution >= 0.6 is 27.7 Å². The lowest BCUT2D eigenvalue weighted by molar-refractivity contribution is 0.602. The molecule has 2 rings (SSSR count). The SMILES string of the molecule is CS(=O)(=O)c1ccc(Sc2cc(Br)ccc2CN)cc1. The van der Waals surface area contributed by atoms with E-state index in [1.165, 1.54) is 6.26 Å². The molecule has 0 saturated heterocycles. The van der Waals surface area contributed by atoms with Crippen molar-refractivity contribution in [2.45, 2.75) is 21.2 Å². The highest BCUT2D eigenvalue weighted by molar-refractivity contribution is 9.10. The van der Waals surface area contributed by atoms with Crippen LogP contribution in [0.3, 0.4) is 0 Å². The van der Waals surface area contributed by atoms with E-state index in [-0.39, 0.29) is 0 Å². The quantitative estimate of drug-likeness (QED) is 0.893. The molecule has 0 saturated carbocycles.